The zero-order valence-corrected chi connectivity index (χ0v) is 9.75. The molecule has 1 N–H and O–H groups in total. The molecule has 0 aliphatic heterocycles. The van der Waals surface area contributed by atoms with Gasteiger partial charge in [-0.1, -0.05) is 16.8 Å². The normalized spacial score (nSPS) is 10.8. The number of aliphatic hydroxyl groups is 1. The van der Waals surface area contributed by atoms with Crippen molar-refractivity contribution in [3.8, 4) is 11.3 Å². The Hall–Kier alpha value is -1.39. The summed E-state index contributed by atoms with van der Waals surface area (Å²) >= 11 is 5.67. The molecule has 0 bridgehead atoms. The van der Waals surface area contributed by atoms with Gasteiger partial charge in [-0.2, -0.15) is 0 Å². The highest BCUT2D eigenvalue weighted by atomic mass is 35.5. The van der Waals surface area contributed by atoms with Gasteiger partial charge in [0.1, 0.15) is 17.3 Å². The maximum absolute atomic E-state index is 13.6. The number of aryl methyl sites for hydroxylation is 1. The number of hydrogen-bond donors (Lipinski definition) is 1. The van der Waals surface area contributed by atoms with Gasteiger partial charge in [-0.15, -0.1) is 0 Å². The van der Waals surface area contributed by atoms with Crippen LogP contribution in [0.25, 0.3) is 11.3 Å². The van der Waals surface area contributed by atoms with E-state index in [0.29, 0.717) is 34.9 Å². The maximum Gasteiger partial charge on any atom is 0.137 e. The van der Waals surface area contributed by atoms with E-state index >= 15 is 0 Å². The van der Waals surface area contributed by atoms with Crippen LogP contribution in [0.1, 0.15) is 12.2 Å². The molecule has 0 spiro atoms. The largest absolute Gasteiger partial charge is 0.396 e. The first-order valence-corrected chi connectivity index (χ1v) is 5.60. The predicted molar refractivity (Wildman–Crippen MR) is 62.3 cm³/mol. The van der Waals surface area contributed by atoms with Gasteiger partial charge in [0.15, 0.2) is 0 Å². The van der Waals surface area contributed by atoms with E-state index in [0.717, 1.165) is 0 Å². The third-order valence-corrected chi connectivity index (χ3v) is 2.58. The first-order chi connectivity index (χ1) is 8.20. The number of nitrogens with zero attached hydrogens (tertiary/aromatic N) is 1. The summed E-state index contributed by atoms with van der Waals surface area (Å²) in [7, 11) is 0. The topological polar surface area (TPSA) is 46.3 Å². The second-order valence-corrected chi connectivity index (χ2v) is 4.07. The molecule has 0 saturated carbocycles. The van der Waals surface area contributed by atoms with Crippen LogP contribution in [-0.2, 0) is 6.42 Å². The molecule has 0 amide bonds. The van der Waals surface area contributed by atoms with Gasteiger partial charge in [-0.3, -0.25) is 0 Å². The van der Waals surface area contributed by atoms with Crippen LogP contribution in [0.4, 0.5) is 4.39 Å². The second kappa shape index (κ2) is 5.29. The molecule has 0 radical (unpaired) electrons. The molecule has 17 heavy (non-hydrogen) atoms. The molecule has 5 heteroatoms. The van der Waals surface area contributed by atoms with Gasteiger partial charge in [0, 0.05) is 29.7 Å². The fourth-order valence-electron chi connectivity index (χ4n) is 1.51. The third-order valence-electron chi connectivity index (χ3n) is 2.35. The molecule has 2 aromatic rings. The highest BCUT2D eigenvalue weighted by Crippen LogP contribution is 2.25. The fourth-order valence-corrected chi connectivity index (χ4v) is 1.67. The standard InChI is InChI=1S/C12H11ClFNO2/c13-8-3-4-10(11(14)6-8)12-7-9(17-15-12)2-1-5-16/h3-4,6-7,16H,1-2,5H2. The zero-order valence-electron chi connectivity index (χ0n) is 8.99. The van der Waals surface area contributed by atoms with Crippen molar-refractivity contribution in [2.75, 3.05) is 6.61 Å². The van der Waals surface area contributed by atoms with E-state index in [2.05, 4.69) is 5.16 Å². The summed E-state index contributed by atoms with van der Waals surface area (Å²) < 4.78 is 18.6. The fraction of sp³-hybridized carbons (Fsp3) is 0.250. The van der Waals surface area contributed by atoms with Crippen molar-refractivity contribution in [2.45, 2.75) is 12.8 Å². The molecular formula is C12H11ClFNO2. The molecule has 0 fully saturated rings. The molecule has 0 aliphatic rings. The van der Waals surface area contributed by atoms with E-state index in [1.165, 1.54) is 6.07 Å². The number of benzene rings is 1. The molecule has 0 atom stereocenters. The van der Waals surface area contributed by atoms with Crippen LogP contribution in [0.2, 0.25) is 5.02 Å². The van der Waals surface area contributed by atoms with E-state index in [1.807, 2.05) is 0 Å². The second-order valence-electron chi connectivity index (χ2n) is 3.63. The van der Waals surface area contributed by atoms with Crippen LogP contribution in [0, 0.1) is 5.82 Å². The lowest BCUT2D eigenvalue weighted by Gasteiger charge is -1.97. The van der Waals surface area contributed by atoms with Gasteiger partial charge in [-0.05, 0) is 24.6 Å². The third kappa shape index (κ3) is 2.84. The first kappa shape index (κ1) is 12.1. The van der Waals surface area contributed by atoms with Crippen LogP contribution in [-0.4, -0.2) is 16.9 Å². The van der Waals surface area contributed by atoms with Crippen molar-refractivity contribution in [2.24, 2.45) is 0 Å². The number of hydrogen-bond acceptors (Lipinski definition) is 3. The van der Waals surface area contributed by atoms with Crippen LogP contribution in [0.3, 0.4) is 0 Å². The molecule has 0 unspecified atom stereocenters. The van der Waals surface area contributed by atoms with Gasteiger partial charge in [-0.25, -0.2) is 4.39 Å². The summed E-state index contributed by atoms with van der Waals surface area (Å²) in [5.41, 5.74) is 0.792. The van der Waals surface area contributed by atoms with Crippen molar-refractivity contribution in [1.29, 1.82) is 0 Å². The Morgan fingerprint density at radius 1 is 1.35 bits per heavy atom. The average Bonchev–Trinajstić information content (AvgIpc) is 2.75. The van der Waals surface area contributed by atoms with Gasteiger partial charge in [0.05, 0.1) is 0 Å². The van der Waals surface area contributed by atoms with Gasteiger partial charge in [0.25, 0.3) is 0 Å². The predicted octanol–water partition coefficient (Wildman–Crippen LogP) is 3.06. The monoisotopic (exact) mass is 255 g/mol. The Bertz CT molecular complexity index is 513. The minimum absolute atomic E-state index is 0.0886. The first-order valence-electron chi connectivity index (χ1n) is 5.22. The molecule has 90 valence electrons. The Labute approximate surface area is 103 Å². The number of aromatic nitrogens is 1. The Morgan fingerprint density at radius 3 is 2.88 bits per heavy atom. The summed E-state index contributed by atoms with van der Waals surface area (Å²) in [6.07, 6.45) is 1.18. The Balaban J connectivity index is 2.24. The molecule has 0 saturated heterocycles. The van der Waals surface area contributed by atoms with Crippen molar-refractivity contribution >= 4 is 11.6 Å². The number of halogens is 2. The van der Waals surface area contributed by atoms with E-state index in [-0.39, 0.29) is 6.61 Å². The SMILES string of the molecule is OCCCc1cc(-c2ccc(Cl)cc2F)no1. The summed E-state index contributed by atoms with van der Waals surface area (Å²) in [5, 5.41) is 12.8. The van der Waals surface area contributed by atoms with Crippen molar-refractivity contribution in [3.63, 3.8) is 0 Å². The average molecular weight is 256 g/mol. The zero-order chi connectivity index (χ0) is 12.3. The lowest BCUT2D eigenvalue weighted by Crippen LogP contribution is -1.86. The lowest BCUT2D eigenvalue weighted by molar-refractivity contribution is 0.280. The van der Waals surface area contributed by atoms with Gasteiger partial charge in [0.2, 0.25) is 0 Å². The summed E-state index contributed by atoms with van der Waals surface area (Å²) in [4.78, 5) is 0. The molecule has 1 heterocycles. The summed E-state index contributed by atoms with van der Waals surface area (Å²) in [6.45, 7) is 0.0886. The molecule has 1 aromatic carbocycles. The Morgan fingerprint density at radius 2 is 2.18 bits per heavy atom. The number of rotatable bonds is 4. The molecule has 1 aromatic heterocycles. The minimum atomic E-state index is -0.431. The van der Waals surface area contributed by atoms with E-state index in [4.69, 9.17) is 21.2 Å². The van der Waals surface area contributed by atoms with Gasteiger partial charge < -0.3 is 9.63 Å². The number of aliphatic hydroxyl groups excluding tert-OH is 1. The molecule has 3 nitrogen and oxygen atoms in total. The van der Waals surface area contributed by atoms with Crippen molar-refractivity contribution in [3.05, 3.63) is 40.9 Å². The molecule has 2 rings (SSSR count). The van der Waals surface area contributed by atoms with Crippen molar-refractivity contribution < 1.29 is 14.0 Å². The van der Waals surface area contributed by atoms with Crippen LogP contribution in [0.15, 0.2) is 28.8 Å². The smallest absolute Gasteiger partial charge is 0.137 e. The maximum atomic E-state index is 13.6. The van der Waals surface area contributed by atoms with E-state index in [9.17, 15) is 4.39 Å². The van der Waals surface area contributed by atoms with Crippen LogP contribution >= 0.6 is 11.6 Å². The van der Waals surface area contributed by atoms with Crippen molar-refractivity contribution in [1.82, 2.24) is 5.16 Å². The van der Waals surface area contributed by atoms with E-state index in [1.54, 1.807) is 18.2 Å². The van der Waals surface area contributed by atoms with Crippen LogP contribution < -0.4 is 0 Å². The van der Waals surface area contributed by atoms with E-state index < -0.39 is 5.82 Å². The highest BCUT2D eigenvalue weighted by molar-refractivity contribution is 6.30. The minimum Gasteiger partial charge on any atom is -0.396 e. The summed E-state index contributed by atoms with van der Waals surface area (Å²) in [6, 6.07) is 6.06. The highest BCUT2D eigenvalue weighted by Gasteiger charge is 2.11. The quantitative estimate of drug-likeness (QED) is 0.913. The van der Waals surface area contributed by atoms with Gasteiger partial charge >= 0.3 is 0 Å². The molecular weight excluding hydrogens is 245 g/mol. The Kier molecular flexibility index (Phi) is 3.76. The molecule has 0 aliphatic carbocycles. The van der Waals surface area contributed by atoms with Crippen LogP contribution in [0.5, 0.6) is 0 Å². The lowest BCUT2D eigenvalue weighted by atomic mass is 10.1. The summed E-state index contributed by atoms with van der Waals surface area (Å²) in [5.74, 6) is 0.197.